The highest BCUT2D eigenvalue weighted by Gasteiger charge is 2.15. The third kappa shape index (κ3) is 3.81. The minimum absolute atomic E-state index is 0.0382. The lowest BCUT2D eigenvalue weighted by molar-refractivity contribution is 0.0911. The molecular formula is C17H16FNO5. The van der Waals surface area contributed by atoms with Gasteiger partial charge >= 0.3 is 0 Å². The number of amides is 1. The highest BCUT2D eigenvalue weighted by atomic mass is 19.1. The quantitative estimate of drug-likeness (QED) is 0.785. The SMILES string of the molecule is COc1ccc(C(N)=O)c(OCC(=O)c2ccc(OC)c(F)c2)c1. The largest absolute Gasteiger partial charge is 0.497 e. The summed E-state index contributed by atoms with van der Waals surface area (Å²) in [6, 6.07) is 8.27. The van der Waals surface area contributed by atoms with Crippen LogP contribution in [0.25, 0.3) is 0 Å². The van der Waals surface area contributed by atoms with Crippen molar-refractivity contribution in [2.75, 3.05) is 20.8 Å². The van der Waals surface area contributed by atoms with Gasteiger partial charge in [-0.25, -0.2) is 4.39 Å². The van der Waals surface area contributed by atoms with Gasteiger partial charge in [0.1, 0.15) is 11.5 Å². The molecule has 0 atom stereocenters. The zero-order valence-electron chi connectivity index (χ0n) is 13.2. The Morgan fingerprint density at radius 1 is 1.04 bits per heavy atom. The lowest BCUT2D eigenvalue weighted by Crippen LogP contribution is -2.16. The first-order valence-electron chi connectivity index (χ1n) is 6.93. The van der Waals surface area contributed by atoms with E-state index >= 15 is 0 Å². The Hall–Kier alpha value is -3.09. The monoisotopic (exact) mass is 333 g/mol. The van der Waals surface area contributed by atoms with E-state index in [2.05, 4.69) is 0 Å². The summed E-state index contributed by atoms with van der Waals surface area (Å²) >= 11 is 0. The molecule has 0 heterocycles. The molecule has 0 unspecified atom stereocenters. The van der Waals surface area contributed by atoms with Crippen LogP contribution in [0.2, 0.25) is 0 Å². The fraction of sp³-hybridized carbons (Fsp3) is 0.176. The Kier molecular flexibility index (Phi) is 5.36. The van der Waals surface area contributed by atoms with E-state index < -0.39 is 17.5 Å². The van der Waals surface area contributed by atoms with E-state index in [0.29, 0.717) is 5.75 Å². The van der Waals surface area contributed by atoms with E-state index in [4.69, 9.17) is 19.9 Å². The number of nitrogens with two attached hydrogens (primary N) is 1. The molecule has 126 valence electrons. The Bertz CT molecular complexity index is 776. The van der Waals surface area contributed by atoms with Crippen molar-refractivity contribution in [3.05, 3.63) is 53.3 Å². The normalized spacial score (nSPS) is 10.1. The average Bonchev–Trinajstić information content (AvgIpc) is 2.59. The molecule has 0 saturated heterocycles. The van der Waals surface area contributed by atoms with Crippen molar-refractivity contribution in [2.24, 2.45) is 5.73 Å². The van der Waals surface area contributed by atoms with Gasteiger partial charge in [0.2, 0.25) is 0 Å². The molecule has 2 aromatic rings. The number of hydrogen-bond donors (Lipinski definition) is 1. The van der Waals surface area contributed by atoms with Gasteiger partial charge in [-0.05, 0) is 30.3 Å². The van der Waals surface area contributed by atoms with Crippen LogP contribution >= 0.6 is 0 Å². The molecule has 0 saturated carbocycles. The van der Waals surface area contributed by atoms with Crippen molar-refractivity contribution in [1.82, 2.24) is 0 Å². The van der Waals surface area contributed by atoms with E-state index in [1.807, 2.05) is 0 Å². The molecule has 0 bridgehead atoms. The molecule has 7 heteroatoms. The van der Waals surface area contributed by atoms with Crippen LogP contribution in [-0.2, 0) is 0 Å². The van der Waals surface area contributed by atoms with Crippen LogP contribution in [0.1, 0.15) is 20.7 Å². The minimum Gasteiger partial charge on any atom is -0.497 e. The summed E-state index contributed by atoms with van der Waals surface area (Å²) in [4.78, 5) is 23.5. The first-order valence-corrected chi connectivity index (χ1v) is 6.93. The van der Waals surface area contributed by atoms with Gasteiger partial charge in [-0.1, -0.05) is 0 Å². The number of hydrogen-bond acceptors (Lipinski definition) is 5. The molecule has 2 N–H and O–H groups in total. The number of rotatable bonds is 7. The standard InChI is InChI=1S/C17H16FNO5/c1-22-11-4-5-12(17(19)21)16(8-11)24-9-14(20)10-3-6-15(23-2)13(18)7-10/h3-8H,9H2,1-2H3,(H2,19,21). The van der Waals surface area contributed by atoms with Crippen LogP contribution in [0.4, 0.5) is 4.39 Å². The van der Waals surface area contributed by atoms with Gasteiger partial charge in [0.25, 0.3) is 5.91 Å². The number of methoxy groups -OCH3 is 2. The molecule has 24 heavy (non-hydrogen) atoms. The second-order valence-electron chi connectivity index (χ2n) is 4.79. The Labute approximate surface area is 137 Å². The van der Waals surface area contributed by atoms with Gasteiger partial charge in [-0.2, -0.15) is 0 Å². The third-order valence-corrected chi connectivity index (χ3v) is 3.29. The summed E-state index contributed by atoms with van der Waals surface area (Å²) in [5, 5.41) is 0. The van der Waals surface area contributed by atoms with Crippen LogP contribution in [0.15, 0.2) is 36.4 Å². The van der Waals surface area contributed by atoms with Crippen molar-refractivity contribution in [3.63, 3.8) is 0 Å². The first-order chi connectivity index (χ1) is 11.5. The zero-order chi connectivity index (χ0) is 17.7. The molecule has 0 aliphatic heterocycles. The summed E-state index contributed by atoms with van der Waals surface area (Å²) in [7, 11) is 2.78. The second kappa shape index (κ2) is 7.45. The number of ketones is 1. The molecule has 2 rings (SSSR count). The highest BCUT2D eigenvalue weighted by molar-refractivity contribution is 5.98. The van der Waals surface area contributed by atoms with Gasteiger partial charge < -0.3 is 19.9 Å². The Morgan fingerprint density at radius 2 is 1.79 bits per heavy atom. The number of benzene rings is 2. The number of carbonyl (C=O) groups excluding carboxylic acids is 2. The van der Waals surface area contributed by atoms with Crippen molar-refractivity contribution in [3.8, 4) is 17.2 Å². The summed E-state index contributed by atoms with van der Waals surface area (Å²) in [6.45, 7) is -0.390. The van der Waals surface area contributed by atoms with Crippen LogP contribution < -0.4 is 19.9 Å². The summed E-state index contributed by atoms with van der Waals surface area (Å²) in [6.07, 6.45) is 0. The van der Waals surface area contributed by atoms with E-state index in [9.17, 15) is 14.0 Å². The molecule has 0 radical (unpaired) electrons. The lowest BCUT2D eigenvalue weighted by Gasteiger charge is -2.11. The fourth-order valence-corrected chi connectivity index (χ4v) is 2.02. The highest BCUT2D eigenvalue weighted by Crippen LogP contribution is 2.25. The molecule has 2 aromatic carbocycles. The number of carbonyl (C=O) groups is 2. The lowest BCUT2D eigenvalue weighted by atomic mass is 10.1. The van der Waals surface area contributed by atoms with E-state index in [-0.39, 0.29) is 29.2 Å². The molecule has 0 aliphatic rings. The number of ether oxygens (including phenoxy) is 3. The van der Waals surface area contributed by atoms with Gasteiger partial charge in [-0.3, -0.25) is 9.59 Å². The summed E-state index contributed by atoms with van der Waals surface area (Å²) in [5.41, 5.74) is 5.50. The van der Waals surface area contributed by atoms with Crippen molar-refractivity contribution in [2.45, 2.75) is 0 Å². The van der Waals surface area contributed by atoms with Crippen molar-refractivity contribution >= 4 is 11.7 Å². The van der Waals surface area contributed by atoms with Gasteiger partial charge in [0.15, 0.2) is 24.0 Å². The Morgan fingerprint density at radius 3 is 2.38 bits per heavy atom. The topological polar surface area (TPSA) is 87.9 Å². The molecule has 0 aliphatic carbocycles. The van der Waals surface area contributed by atoms with Crippen LogP contribution in [0, 0.1) is 5.82 Å². The Balaban J connectivity index is 2.16. The molecule has 0 spiro atoms. The number of primary amides is 1. The van der Waals surface area contributed by atoms with Crippen LogP contribution in [-0.4, -0.2) is 32.5 Å². The molecule has 1 amide bonds. The van der Waals surface area contributed by atoms with Crippen molar-refractivity contribution < 1.29 is 28.2 Å². The minimum atomic E-state index is -0.699. The predicted molar refractivity (Wildman–Crippen MR) is 84.3 cm³/mol. The second-order valence-corrected chi connectivity index (χ2v) is 4.79. The maximum Gasteiger partial charge on any atom is 0.252 e. The molecular weight excluding hydrogens is 317 g/mol. The smallest absolute Gasteiger partial charge is 0.252 e. The average molecular weight is 333 g/mol. The maximum atomic E-state index is 13.6. The molecule has 6 nitrogen and oxygen atoms in total. The third-order valence-electron chi connectivity index (χ3n) is 3.29. The van der Waals surface area contributed by atoms with Gasteiger partial charge in [0.05, 0.1) is 19.8 Å². The number of Topliss-reactive ketones (excluding diaryl/α,β-unsaturated/α-hetero) is 1. The predicted octanol–water partition coefficient (Wildman–Crippen LogP) is 2.20. The summed E-state index contributed by atoms with van der Waals surface area (Å²) in [5.74, 6) is -1.22. The van der Waals surface area contributed by atoms with Gasteiger partial charge in [-0.15, -0.1) is 0 Å². The van der Waals surface area contributed by atoms with Crippen molar-refractivity contribution in [1.29, 1.82) is 0 Å². The first kappa shape index (κ1) is 17.3. The van der Waals surface area contributed by atoms with E-state index in [1.54, 1.807) is 6.07 Å². The molecule has 0 fully saturated rings. The fourth-order valence-electron chi connectivity index (χ4n) is 2.02. The maximum absolute atomic E-state index is 13.6. The van der Waals surface area contributed by atoms with Crippen LogP contribution in [0.5, 0.6) is 17.2 Å². The van der Waals surface area contributed by atoms with Crippen LogP contribution in [0.3, 0.4) is 0 Å². The van der Waals surface area contributed by atoms with Gasteiger partial charge in [0, 0.05) is 11.6 Å². The van der Waals surface area contributed by atoms with E-state index in [0.717, 1.165) is 6.07 Å². The molecule has 0 aromatic heterocycles. The summed E-state index contributed by atoms with van der Waals surface area (Å²) < 4.78 is 28.9. The zero-order valence-corrected chi connectivity index (χ0v) is 13.2. The number of halogens is 1. The van der Waals surface area contributed by atoms with E-state index in [1.165, 1.54) is 38.5 Å².